The number of thioether (sulfide) groups is 1. The van der Waals surface area contributed by atoms with Crippen molar-refractivity contribution in [2.45, 2.75) is 56.7 Å². The lowest BCUT2D eigenvalue weighted by Crippen LogP contribution is -2.45. The molecule has 0 aromatic heterocycles. The van der Waals surface area contributed by atoms with Crippen molar-refractivity contribution in [2.24, 2.45) is 5.92 Å². The highest BCUT2D eigenvalue weighted by atomic mass is 32.2. The van der Waals surface area contributed by atoms with Gasteiger partial charge in [0.1, 0.15) is 0 Å². The van der Waals surface area contributed by atoms with Crippen molar-refractivity contribution in [1.82, 2.24) is 15.1 Å². The summed E-state index contributed by atoms with van der Waals surface area (Å²) in [7, 11) is 1.96. The number of nitrogens with zero attached hydrogens (tertiary/aromatic N) is 2. The molecule has 1 aliphatic carbocycles. The van der Waals surface area contributed by atoms with E-state index in [1.165, 1.54) is 45.3 Å². The predicted molar refractivity (Wildman–Crippen MR) is 95.6 cm³/mol. The molecule has 1 saturated heterocycles. The summed E-state index contributed by atoms with van der Waals surface area (Å²) in [6, 6.07) is 0.562. The quantitative estimate of drug-likeness (QED) is 0.814. The van der Waals surface area contributed by atoms with E-state index in [4.69, 9.17) is 0 Å². The lowest BCUT2D eigenvalue weighted by atomic mass is 9.97. The summed E-state index contributed by atoms with van der Waals surface area (Å²) in [4.78, 5) is 16.8. The van der Waals surface area contributed by atoms with Crippen LogP contribution >= 0.6 is 11.8 Å². The van der Waals surface area contributed by atoms with E-state index in [0.29, 0.717) is 12.0 Å². The van der Waals surface area contributed by atoms with Crippen molar-refractivity contribution < 1.29 is 4.79 Å². The number of amides is 2. The molecule has 4 nitrogen and oxygen atoms in total. The van der Waals surface area contributed by atoms with Gasteiger partial charge in [0.25, 0.3) is 0 Å². The molecule has 0 spiro atoms. The molecule has 2 atom stereocenters. The van der Waals surface area contributed by atoms with Crippen molar-refractivity contribution in [3.8, 4) is 0 Å². The van der Waals surface area contributed by atoms with E-state index in [-0.39, 0.29) is 6.03 Å². The normalized spacial score (nSPS) is 27.0. The van der Waals surface area contributed by atoms with Crippen molar-refractivity contribution in [3.05, 3.63) is 0 Å². The molecule has 2 aliphatic rings. The number of hydrogen-bond acceptors (Lipinski definition) is 3. The SMILES string of the molecule is CCCN1CCC(CNC(=O)N(C)[C@H]2CC[C@@H](SC)C2)CC1. The Labute approximate surface area is 140 Å². The van der Waals surface area contributed by atoms with Gasteiger partial charge in [-0.2, -0.15) is 11.8 Å². The first-order valence-electron chi connectivity index (χ1n) is 8.89. The van der Waals surface area contributed by atoms with Crippen LogP contribution in [0.2, 0.25) is 0 Å². The summed E-state index contributed by atoms with van der Waals surface area (Å²) in [6.07, 6.45) is 9.43. The summed E-state index contributed by atoms with van der Waals surface area (Å²) in [5.41, 5.74) is 0. The highest BCUT2D eigenvalue weighted by Crippen LogP contribution is 2.30. The molecule has 0 radical (unpaired) electrons. The van der Waals surface area contributed by atoms with Gasteiger partial charge in [0, 0.05) is 24.9 Å². The van der Waals surface area contributed by atoms with Crippen LogP contribution in [0.25, 0.3) is 0 Å². The first-order chi connectivity index (χ1) is 10.6. The van der Waals surface area contributed by atoms with E-state index in [0.717, 1.165) is 24.6 Å². The number of likely N-dealkylation sites (tertiary alicyclic amines) is 1. The minimum absolute atomic E-state index is 0.128. The molecule has 1 heterocycles. The zero-order chi connectivity index (χ0) is 15.9. The molecule has 2 rings (SSSR count). The zero-order valence-electron chi connectivity index (χ0n) is 14.5. The molecule has 128 valence electrons. The van der Waals surface area contributed by atoms with Crippen molar-refractivity contribution in [2.75, 3.05) is 39.5 Å². The summed E-state index contributed by atoms with van der Waals surface area (Å²) in [5.74, 6) is 0.660. The number of urea groups is 1. The number of hydrogen-bond donors (Lipinski definition) is 1. The summed E-state index contributed by atoms with van der Waals surface area (Å²) in [5, 5.41) is 3.91. The van der Waals surface area contributed by atoms with Crippen molar-refractivity contribution in [1.29, 1.82) is 0 Å². The monoisotopic (exact) mass is 327 g/mol. The van der Waals surface area contributed by atoms with Gasteiger partial charge in [0.2, 0.25) is 0 Å². The minimum atomic E-state index is 0.128. The average molecular weight is 328 g/mol. The Hall–Kier alpha value is -0.420. The first kappa shape index (κ1) is 17.9. The average Bonchev–Trinajstić information content (AvgIpc) is 3.02. The van der Waals surface area contributed by atoms with Crippen molar-refractivity contribution in [3.63, 3.8) is 0 Å². The van der Waals surface area contributed by atoms with E-state index in [2.05, 4.69) is 23.4 Å². The molecule has 5 heteroatoms. The molecule has 1 saturated carbocycles. The van der Waals surface area contributed by atoms with Crippen molar-refractivity contribution >= 4 is 17.8 Å². The van der Waals surface area contributed by atoms with Gasteiger partial charge in [-0.3, -0.25) is 0 Å². The predicted octanol–water partition coefficient (Wildman–Crippen LogP) is 3.03. The van der Waals surface area contributed by atoms with Crippen LogP contribution in [0.5, 0.6) is 0 Å². The van der Waals surface area contributed by atoms with Crippen LogP contribution in [-0.4, -0.2) is 66.6 Å². The molecule has 2 amide bonds. The summed E-state index contributed by atoms with van der Waals surface area (Å²) >= 11 is 1.94. The number of nitrogens with one attached hydrogen (secondary N) is 1. The van der Waals surface area contributed by atoms with Crippen LogP contribution in [-0.2, 0) is 0 Å². The molecule has 22 heavy (non-hydrogen) atoms. The molecular weight excluding hydrogens is 294 g/mol. The van der Waals surface area contributed by atoms with E-state index >= 15 is 0 Å². The fraction of sp³-hybridized carbons (Fsp3) is 0.941. The maximum atomic E-state index is 12.3. The molecule has 0 bridgehead atoms. The summed E-state index contributed by atoms with van der Waals surface area (Å²) < 4.78 is 0. The zero-order valence-corrected chi connectivity index (χ0v) is 15.3. The van der Waals surface area contributed by atoms with Gasteiger partial charge in [-0.05, 0) is 70.3 Å². The van der Waals surface area contributed by atoms with Gasteiger partial charge in [-0.1, -0.05) is 6.92 Å². The van der Waals surface area contributed by atoms with Gasteiger partial charge in [0.05, 0.1) is 0 Å². The smallest absolute Gasteiger partial charge is 0.317 e. The van der Waals surface area contributed by atoms with Crippen LogP contribution < -0.4 is 5.32 Å². The first-order valence-corrected chi connectivity index (χ1v) is 10.2. The maximum Gasteiger partial charge on any atom is 0.317 e. The molecule has 2 fully saturated rings. The Morgan fingerprint density at radius 1 is 1.27 bits per heavy atom. The molecular formula is C17H33N3OS. The second kappa shape index (κ2) is 9.02. The topological polar surface area (TPSA) is 35.6 Å². The van der Waals surface area contributed by atoms with Gasteiger partial charge in [-0.15, -0.1) is 0 Å². The van der Waals surface area contributed by atoms with E-state index in [1.54, 1.807) is 0 Å². The fourth-order valence-electron chi connectivity index (χ4n) is 3.74. The van der Waals surface area contributed by atoms with Gasteiger partial charge < -0.3 is 15.1 Å². The fourth-order valence-corrected chi connectivity index (χ4v) is 4.52. The molecule has 0 aromatic carbocycles. The summed E-state index contributed by atoms with van der Waals surface area (Å²) in [6.45, 7) is 6.71. The van der Waals surface area contributed by atoms with Crippen LogP contribution in [0.1, 0.15) is 45.4 Å². The lowest BCUT2D eigenvalue weighted by molar-refractivity contribution is 0.170. The largest absolute Gasteiger partial charge is 0.338 e. The molecule has 1 aliphatic heterocycles. The number of piperidine rings is 1. The molecule has 1 N–H and O–H groups in total. The Morgan fingerprint density at radius 2 is 2.00 bits per heavy atom. The maximum absolute atomic E-state index is 12.3. The van der Waals surface area contributed by atoms with Gasteiger partial charge >= 0.3 is 6.03 Å². The van der Waals surface area contributed by atoms with Crippen LogP contribution in [0, 0.1) is 5.92 Å². The Bertz CT molecular complexity index is 345. The Kier molecular flexibility index (Phi) is 7.35. The number of carbonyl (C=O) groups excluding carboxylic acids is 1. The third kappa shape index (κ3) is 5.05. The Balaban J connectivity index is 1.65. The van der Waals surface area contributed by atoms with E-state index < -0.39 is 0 Å². The minimum Gasteiger partial charge on any atom is -0.338 e. The second-order valence-electron chi connectivity index (χ2n) is 6.91. The Morgan fingerprint density at radius 3 is 2.59 bits per heavy atom. The standard InChI is InChI=1S/C17H33N3OS/c1-4-9-20-10-7-14(8-11-20)13-18-17(21)19(2)15-5-6-16(12-15)22-3/h14-16H,4-13H2,1-3H3,(H,18,21)/t15-,16+/m0/s1. The van der Waals surface area contributed by atoms with E-state index in [1.807, 2.05) is 23.7 Å². The number of carbonyl (C=O) groups is 1. The molecule has 0 aromatic rings. The third-order valence-electron chi connectivity index (χ3n) is 5.35. The van der Waals surface area contributed by atoms with E-state index in [9.17, 15) is 4.79 Å². The number of rotatable bonds is 6. The highest BCUT2D eigenvalue weighted by molar-refractivity contribution is 7.99. The van der Waals surface area contributed by atoms with Crippen LogP contribution in [0.3, 0.4) is 0 Å². The highest BCUT2D eigenvalue weighted by Gasteiger charge is 2.29. The van der Waals surface area contributed by atoms with Gasteiger partial charge in [-0.25, -0.2) is 4.79 Å². The van der Waals surface area contributed by atoms with Crippen LogP contribution in [0.4, 0.5) is 4.79 Å². The molecule has 0 unspecified atom stereocenters. The van der Waals surface area contributed by atoms with Crippen LogP contribution in [0.15, 0.2) is 0 Å². The second-order valence-corrected chi connectivity index (χ2v) is 8.04. The third-order valence-corrected chi connectivity index (χ3v) is 6.44. The lowest BCUT2D eigenvalue weighted by Gasteiger charge is -2.32. The van der Waals surface area contributed by atoms with Gasteiger partial charge in [0.15, 0.2) is 0 Å².